The zero-order valence-electron chi connectivity index (χ0n) is 10.1. The molecule has 17 heavy (non-hydrogen) atoms. The Kier molecular flexibility index (Phi) is 4.57. The van der Waals surface area contributed by atoms with Gasteiger partial charge in [-0.1, -0.05) is 6.07 Å². The minimum Gasteiger partial charge on any atom is -0.357 e. The van der Waals surface area contributed by atoms with Crippen molar-refractivity contribution in [3.63, 3.8) is 0 Å². The molecule has 0 aliphatic carbocycles. The minimum absolute atomic E-state index is 0.224. The van der Waals surface area contributed by atoms with Gasteiger partial charge in [0.05, 0.1) is 0 Å². The molecule has 0 radical (unpaired) electrons. The highest BCUT2D eigenvalue weighted by atomic mass is 32.1. The maximum absolute atomic E-state index is 11.9. The first-order valence-electron chi connectivity index (χ1n) is 5.27. The van der Waals surface area contributed by atoms with Gasteiger partial charge in [-0.15, -0.1) is 12.6 Å². The van der Waals surface area contributed by atoms with Crippen molar-refractivity contribution in [1.82, 2.24) is 10.6 Å². The summed E-state index contributed by atoms with van der Waals surface area (Å²) in [5.74, 6) is -0.493. The third-order valence-electron chi connectivity index (χ3n) is 2.45. The lowest BCUT2D eigenvalue weighted by Crippen LogP contribution is -2.43. The zero-order chi connectivity index (χ0) is 13.0. The van der Waals surface area contributed by atoms with E-state index in [0.29, 0.717) is 10.5 Å². The first kappa shape index (κ1) is 13.6. The second kappa shape index (κ2) is 5.72. The van der Waals surface area contributed by atoms with Crippen molar-refractivity contribution in [3.05, 3.63) is 29.3 Å². The summed E-state index contributed by atoms with van der Waals surface area (Å²) in [7, 11) is 1.53. The highest BCUT2D eigenvalue weighted by Crippen LogP contribution is 2.14. The SMILES string of the molecule is CNC(=O)C(C)NC(=O)c1cc(S)ccc1C. The van der Waals surface area contributed by atoms with Crippen molar-refractivity contribution < 1.29 is 9.59 Å². The van der Waals surface area contributed by atoms with E-state index < -0.39 is 6.04 Å². The lowest BCUT2D eigenvalue weighted by molar-refractivity contribution is -0.122. The maximum atomic E-state index is 11.9. The fourth-order valence-electron chi connectivity index (χ4n) is 1.41. The summed E-state index contributed by atoms with van der Waals surface area (Å²) in [6.45, 7) is 3.48. The van der Waals surface area contributed by atoms with E-state index in [1.807, 2.05) is 19.1 Å². The smallest absolute Gasteiger partial charge is 0.252 e. The topological polar surface area (TPSA) is 58.2 Å². The van der Waals surface area contributed by atoms with E-state index in [9.17, 15) is 9.59 Å². The van der Waals surface area contributed by atoms with Gasteiger partial charge in [-0.25, -0.2) is 0 Å². The van der Waals surface area contributed by atoms with Crippen LogP contribution in [0.4, 0.5) is 0 Å². The second-order valence-corrected chi connectivity index (χ2v) is 4.33. The number of hydrogen-bond acceptors (Lipinski definition) is 3. The van der Waals surface area contributed by atoms with Gasteiger partial charge in [-0.3, -0.25) is 9.59 Å². The normalized spacial score (nSPS) is 11.8. The molecule has 0 fully saturated rings. The summed E-state index contributed by atoms with van der Waals surface area (Å²) in [6, 6.07) is 4.76. The predicted octanol–water partition coefficient (Wildman–Crippen LogP) is 1.15. The Morgan fingerprint density at radius 2 is 2.00 bits per heavy atom. The maximum Gasteiger partial charge on any atom is 0.252 e. The average Bonchev–Trinajstić information content (AvgIpc) is 2.30. The van der Waals surface area contributed by atoms with E-state index >= 15 is 0 Å². The number of hydrogen-bond donors (Lipinski definition) is 3. The number of rotatable bonds is 3. The number of likely N-dealkylation sites (N-methyl/N-ethyl adjacent to an activating group) is 1. The lowest BCUT2D eigenvalue weighted by atomic mass is 10.1. The summed E-state index contributed by atoms with van der Waals surface area (Å²) in [6.07, 6.45) is 0. The Hall–Kier alpha value is -1.49. The van der Waals surface area contributed by atoms with E-state index in [2.05, 4.69) is 23.3 Å². The van der Waals surface area contributed by atoms with E-state index in [4.69, 9.17) is 0 Å². The van der Waals surface area contributed by atoms with Crippen molar-refractivity contribution in [2.24, 2.45) is 0 Å². The molecule has 2 N–H and O–H groups in total. The van der Waals surface area contributed by atoms with Gasteiger partial charge in [0, 0.05) is 17.5 Å². The number of aryl methyl sites for hydroxylation is 1. The van der Waals surface area contributed by atoms with Crippen LogP contribution in [-0.4, -0.2) is 24.9 Å². The van der Waals surface area contributed by atoms with Crippen molar-refractivity contribution in [3.8, 4) is 0 Å². The van der Waals surface area contributed by atoms with Crippen LogP contribution in [0.15, 0.2) is 23.1 Å². The predicted molar refractivity (Wildman–Crippen MR) is 69.4 cm³/mol. The molecule has 0 saturated heterocycles. The van der Waals surface area contributed by atoms with Crippen LogP contribution in [0.2, 0.25) is 0 Å². The Bertz CT molecular complexity index is 446. The first-order chi connectivity index (χ1) is 7.95. The zero-order valence-corrected chi connectivity index (χ0v) is 11.0. The van der Waals surface area contributed by atoms with Gasteiger partial charge in [-0.05, 0) is 31.5 Å². The molecule has 92 valence electrons. The number of carbonyl (C=O) groups is 2. The quantitative estimate of drug-likeness (QED) is 0.707. The first-order valence-corrected chi connectivity index (χ1v) is 5.72. The van der Waals surface area contributed by atoms with Crippen molar-refractivity contribution in [1.29, 1.82) is 0 Å². The van der Waals surface area contributed by atoms with E-state index in [-0.39, 0.29) is 11.8 Å². The molecule has 0 saturated carbocycles. The number of carbonyl (C=O) groups excluding carboxylic acids is 2. The van der Waals surface area contributed by atoms with Crippen LogP contribution in [0.5, 0.6) is 0 Å². The van der Waals surface area contributed by atoms with Crippen LogP contribution >= 0.6 is 12.6 Å². The van der Waals surface area contributed by atoms with Crippen LogP contribution in [0.25, 0.3) is 0 Å². The van der Waals surface area contributed by atoms with Gasteiger partial charge in [-0.2, -0.15) is 0 Å². The molecule has 1 aromatic carbocycles. The molecule has 0 heterocycles. The summed E-state index contributed by atoms with van der Waals surface area (Å²) in [5.41, 5.74) is 1.39. The molecule has 1 unspecified atom stereocenters. The standard InChI is InChI=1S/C12H16N2O2S/c1-7-4-5-9(17)6-10(7)12(16)14-8(2)11(15)13-3/h4-6,8,17H,1-3H3,(H,13,15)(H,14,16). The van der Waals surface area contributed by atoms with Gasteiger partial charge in [0.15, 0.2) is 0 Å². The fraction of sp³-hybridized carbons (Fsp3) is 0.333. The van der Waals surface area contributed by atoms with Crippen molar-refractivity contribution in [2.75, 3.05) is 7.05 Å². The van der Waals surface area contributed by atoms with Gasteiger partial charge in [0.2, 0.25) is 5.91 Å². The molecular formula is C12H16N2O2S. The molecule has 1 aromatic rings. The van der Waals surface area contributed by atoms with Crippen LogP contribution < -0.4 is 10.6 Å². The third-order valence-corrected chi connectivity index (χ3v) is 2.73. The summed E-state index contributed by atoms with van der Waals surface area (Å²) in [5, 5.41) is 5.11. The highest BCUT2D eigenvalue weighted by molar-refractivity contribution is 7.80. The second-order valence-electron chi connectivity index (χ2n) is 3.81. The lowest BCUT2D eigenvalue weighted by Gasteiger charge is -2.13. The summed E-state index contributed by atoms with van der Waals surface area (Å²) >= 11 is 4.19. The van der Waals surface area contributed by atoms with Crippen LogP contribution in [0.1, 0.15) is 22.8 Å². The van der Waals surface area contributed by atoms with Gasteiger partial charge in [0.1, 0.15) is 6.04 Å². The summed E-state index contributed by atoms with van der Waals surface area (Å²) in [4.78, 5) is 23.9. The van der Waals surface area contributed by atoms with Crippen LogP contribution in [0, 0.1) is 6.92 Å². The highest BCUT2D eigenvalue weighted by Gasteiger charge is 2.16. The molecule has 1 rings (SSSR count). The molecule has 5 heteroatoms. The van der Waals surface area contributed by atoms with Crippen LogP contribution in [0.3, 0.4) is 0 Å². The van der Waals surface area contributed by atoms with E-state index in [0.717, 1.165) is 5.56 Å². The third kappa shape index (κ3) is 3.49. The number of nitrogens with one attached hydrogen (secondary N) is 2. The Morgan fingerprint density at radius 3 is 2.59 bits per heavy atom. The molecule has 2 amide bonds. The van der Waals surface area contributed by atoms with Gasteiger partial charge >= 0.3 is 0 Å². The Balaban J connectivity index is 2.83. The van der Waals surface area contributed by atoms with Crippen LogP contribution in [-0.2, 0) is 4.79 Å². The molecular weight excluding hydrogens is 236 g/mol. The molecule has 4 nitrogen and oxygen atoms in total. The summed E-state index contributed by atoms with van der Waals surface area (Å²) < 4.78 is 0. The van der Waals surface area contributed by atoms with Gasteiger partial charge in [0.25, 0.3) is 5.91 Å². The number of amides is 2. The largest absolute Gasteiger partial charge is 0.357 e. The molecule has 0 aromatic heterocycles. The monoisotopic (exact) mass is 252 g/mol. The minimum atomic E-state index is -0.560. The number of benzene rings is 1. The van der Waals surface area contributed by atoms with E-state index in [1.54, 1.807) is 13.0 Å². The van der Waals surface area contributed by atoms with E-state index in [1.165, 1.54) is 7.05 Å². The molecule has 0 spiro atoms. The van der Waals surface area contributed by atoms with Crippen molar-refractivity contribution >= 4 is 24.4 Å². The number of thiol groups is 1. The average molecular weight is 252 g/mol. The molecule has 1 atom stereocenters. The molecule has 0 aliphatic rings. The molecule has 0 aliphatic heterocycles. The molecule has 0 bridgehead atoms. The van der Waals surface area contributed by atoms with Gasteiger partial charge < -0.3 is 10.6 Å². The van der Waals surface area contributed by atoms with Crippen molar-refractivity contribution in [2.45, 2.75) is 24.8 Å². The Labute approximate surface area is 106 Å². The Morgan fingerprint density at radius 1 is 1.35 bits per heavy atom. The fourth-order valence-corrected chi connectivity index (χ4v) is 1.61.